The van der Waals surface area contributed by atoms with E-state index in [9.17, 15) is 0 Å². The summed E-state index contributed by atoms with van der Waals surface area (Å²) in [6.45, 7) is 2.17. The summed E-state index contributed by atoms with van der Waals surface area (Å²) in [5.74, 6) is 1.08. The van der Waals surface area contributed by atoms with Crippen molar-refractivity contribution in [2.24, 2.45) is 0 Å². The monoisotopic (exact) mass is 281 g/mol. The number of nitrogens with one attached hydrogen (secondary N) is 1. The van der Waals surface area contributed by atoms with Gasteiger partial charge in [0.25, 0.3) is 0 Å². The summed E-state index contributed by atoms with van der Waals surface area (Å²) >= 11 is 3.59. The largest absolute Gasteiger partial charge is 0.486 e. The smallest absolute Gasteiger partial charge is 0.137 e. The molecule has 0 aromatic heterocycles. The molecular weight excluding hydrogens is 266 g/mol. The van der Waals surface area contributed by atoms with Crippen molar-refractivity contribution in [2.45, 2.75) is 31.3 Å². The van der Waals surface area contributed by atoms with Crippen LogP contribution in [0.3, 0.4) is 0 Å². The number of ether oxygens (including phenoxy) is 1. The third-order valence-corrected chi connectivity index (χ3v) is 4.36. The lowest BCUT2D eigenvalue weighted by atomic mass is 9.84. The fourth-order valence-electron chi connectivity index (χ4n) is 2.73. The Bertz CT molecular complexity index is 399. The number of piperidine rings is 1. The van der Waals surface area contributed by atoms with E-state index < -0.39 is 0 Å². The van der Waals surface area contributed by atoms with Crippen LogP contribution in [0.1, 0.15) is 24.8 Å². The first-order valence-corrected chi connectivity index (χ1v) is 6.76. The Kier molecular flexibility index (Phi) is 2.68. The highest BCUT2D eigenvalue weighted by Gasteiger charge is 2.37. The molecule has 2 aliphatic heterocycles. The molecule has 0 unspecified atom stereocenters. The molecule has 3 rings (SSSR count). The zero-order chi connectivity index (χ0) is 11.0. The Morgan fingerprint density at radius 3 is 2.81 bits per heavy atom. The first-order chi connectivity index (χ1) is 7.79. The van der Waals surface area contributed by atoms with E-state index >= 15 is 0 Å². The molecule has 0 aliphatic carbocycles. The van der Waals surface area contributed by atoms with Crippen LogP contribution in [0.4, 0.5) is 0 Å². The lowest BCUT2D eigenvalue weighted by molar-refractivity contribution is 0.0162. The fraction of sp³-hybridized carbons (Fsp3) is 0.538. The molecule has 0 radical (unpaired) electrons. The Balaban J connectivity index is 1.92. The Morgan fingerprint density at radius 2 is 2.00 bits per heavy atom. The van der Waals surface area contributed by atoms with Crippen molar-refractivity contribution in [1.82, 2.24) is 5.32 Å². The van der Waals surface area contributed by atoms with Crippen LogP contribution in [-0.2, 0) is 6.42 Å². The number of rotatable bonds is 0. The van der Waals surface area contributed by atoms with Gasteiger partial charge in [-0.3, -0.25) is 0 Å². The van der Waals surface area contributed by atoms with Crippen LogP contribution in [-0.4, -0.2) is 18.7 Å². The topological polar surface area (TPSA) is 21.3 Å². The molecule has 2 aliphatic rings. The quantitative estimate of drug-likeness (QED) is 0.790. The zero-order valence-electron chi connectivity index (χ0n) is 9.26. The number of halogens is 1. The van der Waals surface area contributed by atoms with E-state index in [1.165, 1.54) is 5.56 Å². The lowest BCUT2D eigenvalue weighted by Gasteiger charge is -2.42. The Labute approximate surface area is 105 Å². The van der Waals surface area contributed by atoms with Crippen LogP contribution in [0.15, 0.2) is 22.7 Å². The number of fused-ring (bicyclic) bond motifs is 1. The summed E-state index contributed by atoms with van der Waals surface area (Å²) in [4.78, 5) is 0. The summed E-state index contributed by atoms with van der Waals surface area (Å²) in [5, 5.41) is 3.40. The average molecular weight is 282 g/mol. The van der Waals surface area contributed by atoms with Gasteiger partial charge in [-0.05, 0) is 66.3 Å². The van der Waals surface area contributed by atoms with Crippen molar-refractivity contribution in [1.29, 1.82) is 0 Å². The minimum atomic E-state index is 0.0993. The summed E-state index contributed by atoms with van der Waals surface area (Å²) in [7, 11) is 0. The predicted octanol–water partition coefficient (Wildman–Crippen LogP) is 2.90. The Morgan fingerprint density at radius 1 is 1.19 bits per heavy atom. The van der Waals surface area contributed by atoms with Gasteiger partial charge in [-0.25, -0.2) is 0 Å². The molecule has 0 saturated carbocycles. The maximum atomic E-state index is 6.30. The van der Waals surface area contributed by atoms with Gasteiger partial charge in [0.15, 0.2) is 0 Å². The van der Waals surface area contributed by atoms with Crippen LogP contribution in [0.25, 0.3) is 0 Å². The van der Waals surface area contributed by atoms with E-state index in [4.69, 9.17) is 4.74 Å². The van der Waals surface area contributed by atoms with Crippen LogP contribution in [0, 0.1) is 0 Å². The molecule has 2 heterocycles. The number of aryl methyl sites for hydroxylation is 1. The van der Waals surface area contributed by atoms with E-state index in [2.05, 4.69) is 39.4 Å². The van der Waals surface area contributed by atoms with E-state index in [-0.39, 0.29) is 5.60 Å². The molecular formula is C13H16BrNO. The molecule has 1 fully saturated rings. The predicted molar refractivity (Wildman–Crippen MR) is 67.9 cm³/mol. The zero-order valence-corrected chi connectivity index (χ0v) is 10.8. The van der Waals surface area contributed by atoms with Crippen LogP contribution >= 0.6 is 15.9 Å². The second kappa shape index (κ2) is 4.04. The number of hydrogen-bond donors (Lipinski definition) is 1. The number of para-hydroxylation sites is 1. The molecule has 0 bridgehead atoms. The lowest BCUT2D eigenvalue weighted by Crippen LogP contribution is -2.48. The maximum absolute atomic E-state index is 6.30. The summed E-state index contributed by atoms with van der Waals surface area (Å²) in [5.41, 5.74) is 1.45. The highest BCUT2D eigenvalue weighted by Crippen LogP contribution is 2.41. The van der Waals surface area contributed by atoms with Gasteiger partial charge in [0.1, 0.15) is 11.4 Å². The van der Waals surface area contributed by atoms with Crippen molar-refractivity contribution in [3.05, 3.63) is 28.2 Å². The summed E-state index contributed by atoms with van der Waals surface area (Å²) < 4.78 is 7.40. The third kappa shape index (κ3) is 1.76. The first-order valence-electron chi connectivity index (χ1n) is 5.96. The van der Waals surface area contributed by atoms with Crippen LogP contribution in [0.2, 0.25) is 0 Å². The number of hydrogen-bond acceptors (Lipinski definition) is 2. The molecule has 1 N–H and O–H groups in total. The van der Waals surface area contributed by atoms with Gasteiger partial charge in [-0.15, -0.1) is 0 Å². The molecule has 1 aromatic carbocycles. The van der Waals surface area contributed by atoms with Crippen LogP contribution < -0.4 is 10.1 Å². The van der Waals surface area contributed by atoms with Crippen molar-refractivity contribution in [3.63, 3.8) is 0 Å². The minimum Gasteiger partial charge on any atom is -0.486 e. The van der Waals surface area contributed by atoms with Crippen molar-refractivity contribution in [3.8, 4) is 5.75 Å². The van der Waals surface area contributed by atoms with Gasteiger partial charge in [-0.2, -0.15) is 0 Å². The normalized spacial score (nSPS) is 22.6. The maximum Gasteiger partial charge on any atom is 0.137 e. The molecule has 1 saturated heterocycles. The molecule has 16 heavy (non-hydrogen) atoms. The van der Waals surface area contributed by atoms with Gasteiger partial charge < -0.3 is 10.1 Å². The first kappa shape index (κ1) is 10.6. The average Bonchev–Trinajstić information content (AvgIpc) is 2.32. The van der Waals surface area contributed by atoms with E-state index in [1.807, 2.05) is 0 Å². The molecule has 2 nitrogen and oxygen atoms in total. The highest BCUT2D eigenvalue weighted by atomic mass is 79.9. The minimum absolute atomic E-state index is 0.0993. The molecule has 0 atom stereocenters. The van der Waals surface area contributed by atoms with Gasteiger partial charge in [0, 0.05) is 0 Å². The fourth-order valence-corrected chi connectivity index (χ4v) is 3.22. The van der Waals surface area contributed by atoms with E-state index in [0.29, 0.717) is 0 Å². The standard InChI is InChI=1S/C13H16BrNO/c14-11-3-1-2-10-4-5-13(16-12(10)11)6-8-15-9-7-13/h1-3,15H,4-9H2. The van der Waals surface area contributed by atoms with Crippen LogP contribution in [0.5, 0.6) is 5.75 Å². The van der Waals surface area contributed by atoms with E-state index in [0.717, 1.165) is 49.0 Å². The third-order valence-electron chi connectivity index (χ3n) is 3.73. The van der Waals surface area contributed by atoms with E-state index in [1.54, 1.807) is 0 Å². The molecule has 1 aromatic rings. The SMILES string of the molecule is Brc1cccc2c1OC1(CCNCC1)CC2. The molecule has 86 valence electrons. The summed E-state index contributed by atoms with van der Waals surface area (Å²) in [6.07, 6.45) is 4.58. The second-order valence-corrected chi connectivity index (χ2v) is 5.62. The number of benzene rings is 1. The second-order valence-electron chi connectivity index (χ2n) is 4.76. The Hall–Kier alpha value is -0.540. The van der Waals surface area contributed by atoms with Gasteiger partial charge in [0.05, 0.1) is 4.47 Å². The molecule has 3 heteroatoms. The molecule has 1 spiro atoms. The van der Waals surface area contributed by atoms with Crippen molar-refractivity contribution >= 4 is 15.9 Å². The van der Waals surface area contributed by atoms with Gasteiger partial charge >= 0.3 is 0 Å². The van der Waals surface area contributed by atoms with Gasteiger partial charge in [0.2, 0.25) is 0 Å². The molecule has 0 amide bonds. The van der Waals surface area contributed by atoms with Crippen molar-refractivity contribution < 1.29 is 4.74 Å². The van der Waals surface area contributed by atoms with Gasteiger partial charge in [-0.1, -0.05) is 12.1 Å². The highest BCUT2D eigenvalue weighted by molar-refractivity contribution is 9.10. The van der Waals surface area contributed by atoms with Crippen molar-refractivity contribution in [2.75, 3.05) is 13.1 Å². The summed E-state index contributed by atoms with van der Waals surface area (Å²) in [6, 6.07) is 6.33.